The van der Waals surface area contributed by atoms with Crippen LogP contribution in [0.4, 0.5) is 0 Å². The predicted molar refractivity (Wildman–Crippen MR) is 103 cm³/mol. The van der Waals surface area contributed by atoms with E-state index in [1.807, 2.05) is 6.92 Å². The number of Topliss-reactive ketones (excluding diaryl/α,β-unsaturated/α-hetero) is 1. The number of benzene rings is 1. The fourth-order valence-corrected chi connectivity index (χ4v) is 4.29. The molecule has 1 aromatic carbocycles. The quantitative estimate of drug-likeness (QED) is 0.347. The zero-order valence-corrected chi connectivity index (χ0v) is 15.9. The third kappa shape index (κ3) is 3.64. The minimum atomic E-state index is -0.406. The number of rotatable bonds is 6. The number of halogens is 1. The van der Waals surface area contributed by atoms with Crippen LogP contribution in [0.25, 0.3) is 0 Å². The molecule has 5 nitrogen and oxygen atoms in total. The molecule has 3 rings (SSSR count). The van der Waals surface area contributed by atoms with Gasteiger partial charge in [0.2, 0.25) is 5.78 Å². The Labute approximate surface area is 159 Å². The van der Waals surface area contributed by atoms with Crippen molar-refractivity contribution in [2.75, 3.05) is 13.1 Å². The second-order valence-electron chi connectivity index (χ2n) is 7.02. The van der Waals surface area contributed by atoms with Crippen molar-refractivity contribution in [2.24, 2.45) is 5.73 Å². The van der Waals surface area contributed by atoms with Crippen molar-refractivity contribution in [1.82, 2.24) is 10.2 Å². The zero-order valence-electron chi connectivity index (χ0n) is 15.1. The second-order valence-corrected chi connectivity index (χ2v) is 7.43. The van der Waals surface area contributed by atoms with Gasteiger partial charge in [-0.3, -0.25) is 14.5 Å². The Bertz CT molecular complexity index is 732. The molecule has 0 radical (unpaired) electrons. The smallest absolute Gasteiger partial charge is 0.257 e. The number of nitrogens with zero attached hydrogens (tertiary/aromatic N) is 1. The van der Waals surface area contributed by atoms with Crippen LogP contribution in [0.5, 0.6) is 0 Å². The van der Waals surface area contributed by atoms with Gasteiger partial charge >= 0.3 is 0 Å². The number of carbonyl (C=O) groups excluding carboxylic acids is 2. The monoisotopic (exact) mass is 375 g/mol. The third-order valence-corrected chi connectivity index (χ3v) is 5.68. The number of nitrogens with two attached hydrogens (primary N) is 1. The topological polar surface area (TPSA) is 75.4 Å². The van der Waals surface area contributed by atoms with Crippen molar-refractivity contribution in [1.29, 1.82) is 0 Å². The minimum absolute atomic E-state index is 0.0451. The summed E-state index contributed by atoms with van der Waals surface area (Å²) in [6.45, 7) is 3.44. The summed E-state index contributed by atoms with van der Waals surface area (Å²) in [5.74, 6) is -0.804. The number of amides is 1. The Morgan fingerprint density at radius 1 is 1.27 bits per heavy atom. The van der Waals surface area contributed by atoms with E-state index >= 15 is 0 Å². The van der Waals surface area contributed by atoms with Crippen molar-refractivity contribution in [3.05, 3.63) is 46.1 Å². The van der Waals surface area contributed by atoms with Crippen LogP contribution < -0.4 is 11.1 Å². The van der Waals surface area contributed by atoms with Crippen molar-refractivity contribution in [2.45, 2.75) is 51.1 Å². The summed E-state index contributed by atoms with van der Waals surface area (Å²) in [5, 5.41) is 3.14. The maximum Gasteiger partial charge on any atom is 0.257 e. The highest BCUT2D eigenvalue weighted by Gasteiger charge is 2.40. The van der Waals surface area contributed by atoms with Crippen LogP contribution in [0, 0.1) is 0 Å². The fourth-order valence-electron chi connectivity index (χ4n) is 4.07. The first-order valence-corrected chi connectivity index (χ1v) is 9.75. The largest absolute Gasteiger partial charge is 0.400 e. The molecular formula is C20H26ClN3O2. The van der Waals surface area contributed by atoms with E-state index in [1.165, 1.54) is 6.42 Å². The normalized spacial score (nSPS) is 23.5. The van der Waals surface area contributed by atoms with Crippen molar-refractivity contribution < 1.29 is 9.59 Å². The number of ketones is 1. The number of hydrogen-bond donors (Lipinski definition) is 2. The third-order valence-electron chi connectivity index (χ3n) is 5.35. The van der Waals surface area contributed by atoms with E-state index in [4.69, 9.17) is 17.3 Å². The van der Waals surface area contributed by atoms with Gasteiger partial charge < -0.3 is 11.1 Å². The molecule has 1 aromatic rings. The molecule has 3 N–H and O–H groups in total. The predicted octanol–water partition coefficient (Wildman–Crippen LogP) is 2.89. The molecule has 2 atom stereocenters. The van der Waals surface area contributed by atoms with E-state index < -0.39 is 11.7 Å². The molecule has 2 saturated heterocycles. The van der Waals surface area contributed by atoms with Crippen LogP contribution in [-0.4, -0.2) is 41.8 Å². The van der Waals surface area contributed by atoms with Crippen LogP contribution in [0.3, 0.4) is 0 Å². The average molecular weight is 376 g/mol. The lowest BCUT2D eigenvalue weighted by Crippen LogP contribution is -2.40. The molecule has 2 heterocycles. The van der Waals surface area contributed by atoms with Gasteiger partial charge in [-0.25, -0.2) is 0 Å². The maximum atomic E-state index is 13.2. The molecule has 1 amide bonds. The molecule has 2 fully saturated rings. The molecule has 6 heteroatoms. The van der Waals surface area contributed by atoms with Gasteiger partial charge in [-0.2, -0.15) is 0 Å². The Morgan fingerprint density at radius 2 is 2.04 bits per heavy atom. The molecule has 0 aliphatic carbocycles. The van der Waals surface area contributed by atoms with Gasteiger partial charge in [0.15, 0.2) is 0 Å². The average Bonchev–Trinajstić information content (AvgIpc) is 3.23. The molecule has 0 aromatic heterocycles. The Kier molecular flexibility index (Phi) is 5.99. The van der Waals surface area contributed by atoms with Gasteiger partial charge in [0.1, 0.15) is 5.57 Å². The molecule has 0 spiro atoms. The zero-order chi connectivity index (χ0) is 18.7. The van der Waals surface area contributed by atoms with Gasteiger partial charge in [-0.05, 0) is 50.8 Å². The first-order valence-electron chi connectivity index (χ1n) is 9.37. The van der Waals surface area contributed by atoms with Gasteiger partial charge in [0, 0.05) is 23.8 Å². The van der Waals surface area contributed by atoms with E-state index in [2.05, 4.69) is 10.2 Å². The molecule has 2 unspecified atom stereocenters. The summed E-state index contributed by atoms with van der Waals surface area (Å²) < 4.78 is 0. The van der Waals surface area contributed by atoms with E-state index in [1.54, 1.807) is 24.3 Å². The SMILES string of the molecule is CCCNC(=O)C(C(=O)c1ccccc1Cl)=C(N)C1CCC2CCCN21. The lowest BCUT2D eigenvalue weighted by Gasteiger charge is -2.25. The van der Waals surface area contributed by atoms with Crippen LogP contribution in [0.1, 0.15) is 49.4 Å². The molecule has 0 bridgehead atoms. The summed E-state index contributed by atoms with van der Waals surface area (Å²) in [4.78, 5) is 28.3. The number of fused-ring (bicyclic) bond motifs is 1. The highest BCUT2D eigenvalue weighted by molar-refractivity contribution is 6.37. The number of nitrogens with one attached hydrogen (secondary N) is 1. The standard InChI is InChI=1S/C20H26ClN3O2/c1-2-11-23-20(26)17(19(25)14-7-3-4-8-15(14)21)18(22)16-10-9-13-6-5-12-24(13)16/h3-4,7-8,13,16H,2,5-6,9-12,22H2,1H3,(H,23,26). The van der Waals surface area contributed by atoms with Gasteiger partial charge in [-0.15, -0.1) is 0 Å². The van der Waals surface area contributed by atoms with Crippen LogP contribution in [-0.2, 0) is 4.79 Å². The lowest BCUT2D eigenvalue weighted by atomic mass is 9.96. The molecule has 140 valence electrons. The summed E-state index contributed by atoms with van der Waals surface area (Å²) >= 11 is 6.20. The van der Waals surface area contributed by atoms with Crippen LogP contribution in [0.15, 0.2) is 35.5 Å². The minimum Gasteiger partial charge on any atom is -0.400 e. The maximum absolute atomic E-state index is 13.2. The van der Waals surface area contributed by atoms with E-state index in [9.17, 15) is 9.59 Å². The van der Waals surface area contributed by atoms with Crippen molar-refractivity contribution in [3.8, 4) is 0 Å². The Morgan fingerprint density at radius 3 is 2.77 bits per heavy atom. The highest BCUT2D eigenvalue weighted by atomic mass is 35.5. The molecule has 2 aliphatic rings. The summed E-state index contributed by atoms with van der Waals surface area (Å²) in [5.41, 5.74) is 7.20. The van der Waals surface area contributed by atoms with Crippen LogP contribution >= 0.6 is 11.6 Å². The molecule has 26 heavy (non-hydrogen) atoms. The molecular weight excluding hydrogens is 350 g/mol. The van der Waals surface area contributed by atoms with Gasteiger partial charge in [-0.1, -0.05) is 30.7 Å². The Balaban J connectivity index is 1.98. The summed E-state index contributed by atoms with van der Waals surface area (Å²) in [6, 6.07) is 7.26. The van der Waals surface area contributed by atoms with Gasteiger partial charge in [0.05, 0.1) is 11.1 Å². The van der Waals surface area contributed by atoms with E-state index in [0.29, 0.717) is 28.9 Å². The van der Waals surface area contributed by atoms with Crippen molar-refractivity contribution >= 4 is 23.3 Å². The van der Waals surface area contributed by atoms with Crippen LogP contribution in [0.2, 0.25) is 5.02 Å². The molecule has 0 saturated carbocycles. The molecule has 2 aliphatic heterocycles. The summed E-state index contributed by atoms with van der Waals surface area (Å²) in [6.07, 6.45) is 5.05. The van der Waals surface area contributed by atoms with Gasteiger partial charge in [0.25, 0.3) is 5.91 Å². The highest BCUT2D eigenvalue weighted by Crippen LogP contribution is 2.35. The first-order chi connectivity index (χ1) is 12.5. The van der Waals surface area contributed by atoms with E-state index in [0.717, 1.165) is 32.2 Å². The fraction of sp³-hybridized carbons (Fsp3) is 0.500. The lowest BCUT2D eigenvalue weighted by molar-refractivity contribution is -0.117. The summed E-state index contributed by atoms with van der Waals surface area (Å²) in [7, 11) is 0. The number of hydrogen-bond acceptors (Lipinski definition) is 4. The van der Waals surface area contributed by atoms with Crippen molar-refractivity contribution in [3.63, 3.8) is 0 Å². The first kappa shape index (κ1) is 18.9. The second kappa shape index (κ2) is 8.23. The Hall–Kier alpha value is -1.85. The van der Waals surface area contributed by atoms with E-state index in [-0.39, 0.29) is 11.6 Å². The number of carbonyl (C=O) groups is 2.